The molecule has 0 bridgehead atoms. The van der Waals surface area contributed by atoms with Gasteiger partial charge in [-0.2, -0.15) is 0 Å². The first kappa shape index (κ1) is 32.8. The highest BCUT2D eigenvalue weighted by Crippen LogP contribution is 2.32. The van der Waals surface area contributed by atoms with Gasteiger partial charge < -0.3 is 20.5 Å². The second-order valence-corrected chi connectivity index (χ2v) is 13.5. The van der Waals surface area contributed by atoms with E-state index in [1.54, 1.807) is 36.4 Å². The number of hydrogen-bond donors (Lipinski definition) is 3. The van der Waals surface area contributed by atoms with E-state index in [1.807, 2.05) is 79.7 Å². The normalized spacial score (nSPS) is 12.1. The van der Waals surface area contributed by atoms with Gasteiger partial charge in [0.1, 0.15) is 5.70 Å². The molecule has 6 aromatic rings. The number of carbonyl (C=O) groups excluding carboxylic acids is 3. The standard InChI is InChI=1S/C39H33BrN4O3S/c1-3-44-35-18-8-7-17-32(35)33-24-30(19-20-36(33)44)41-37(45)25(2)48-31-16-10-15-29(23-31)42-39(47)34(22-26-11-9-14-28(40)21-26)43-38(46)27-12-5-4-6-13-27/h4-25H,3H2,1-2H3,(H,41,45)(H,42,47)(H,43,46)/b34-22+. The number of amides is 3. The molecule has 3 N–H and O–H groups in total. The van der Waals surface area contributed by atoms with E-state index in [0.717, 1.165) is 43.5 Å². The molecule has 0 spiro atoms. The summed E-state index contributed by atoms with van der Waals surface area (Å²) in [5.74, 6) is -1.01. The van der Waals surface area contributed by atoms with Gasteiger partial charge in [0.25, 0.3) is 11.8 Å². The number of para-hydroxylation sites is 1. The van der Waals surface area contributed by atoms with E-state index in [1.165, 1.54) is 17.3 Å². The molecule has 1 unspecified atom stereocenters. The van der Waals surface area contributed by atoms with Crippen molar-refractivity contribution in [2.45, 2.75) is 30.5 Å². The maximum atomic E-state index is 13.5. The van der Waals surface area contributed by atoms with Gasteiger partial charge in [-0.3, -0.25) is 14.4 Å². The van der Waals surface area contributed by atoms with Crippen LogP contribution < -0.4 is 16.0 Å². The Kier molecular flexibility index (Phi) is 10.1. The van der Waals surface area contributed by atoms with Crippen LogP contribution in [0, 0.1) is 0 Å². The van der Waals surface area contributed by atoms with Gasteiger partial charge in [0.2, 0.25) is 5.91 Å². The van der Waals surface area contributed by atoms with Crippen molar-refractivity contribution in [3.8, 4) is 0 Å². The predicted octanol–water partition coefficient (Wildman–Crippen LogP) is 9.11. The highest BCUT2D eigenvalue weighted by atomic mass is 79.9. The molecule has 9 heteroatoms. The maximum absolute atomic E-state index is 13.5. The van der Waals surface area contributed by atoms with Gasteiger partial charge >= 0.3 is 0 Å². The number of aromatic nitrogens is 1. The zero-order valence-electron chi connectivity index (χ0n) is 26.4. The van der Waals surface area contributed by atoms with Crippen LogP contribution >= 0.6 is 27.7 Å². The number of fused-ring (bicyclic) bond motifs is 3. The van der Waals surface area contributed by atoms with Crippen LogP contribution in [0.1, 0.15) is 29.8 Å². The summed E-state index contributed by atoms with van der Waals surface area (Å²) in [6.07, 6.45) is 1.63. The Morgan fingerprint density at radius 3 is 2.29 bits per heavy atom. The minimum atomic E-state index is -0.480. The van der Waals surface area contributed by atoms with Gasteiger partial charge in [0, 0.05) is 54.7 Å². The number of aryl methyl sites for hydroxylation is 1. The molecular formula is C39H33BrN4O3S. The van der Waals surface area contributed by atoms with Crippen molar-refractivity contribution in [3.05, 3.63) is 143 Å². The summed E-state index contributed by atoms with van der Waals surface area (Å²) >= 11 is 4.85. The van der Waals surface area contributed by atoms with Gasteiger partial charge in [-0.15, -0.1) is 11.8 Å². The molecule has 7 nitrogen and oxygen atoms in total. The van der Waals surface area contributed by atoms with Crippen LogP contribution in [-0.4, -0.2) is 27.5 Å². The van der Waals surface area contributed by atoms with E-state index >= 15 is 0 Å². The average molecular weight is 718 g/mol. The topological polar surface area (TPSA) is 92.2 Å². The van der Waals surface area contributed by atoms with Crippen LogP contribution in [0.4, 0.5) is 11.4 Å². The Labute approximate surface area is 291 Å². The van der Waals surface area contributed by atoms with E-state index < -0.39 is 17.1 Å². The lowest BCUT2D eigenvalue weighted by Gasteiger charge is -2.14. The summed E-state index contributed by atoms with van der Waals surface area (Å²) in [4.78, 5) is 40.6. The van der Waals surface area contributed by atoms with Gasteiger partial charge in [-0.05, 0) is 92.2 Å². The number of nitrogens with zero attached hydrogens (tertiary/aromatic N) is 1. The molecule has 0 saturated heterocycles. The molecule has 0 radical (unpaired) electrons. The lowest BCUT2D eigenvalue weighted by molar-refractivity contribution is -0.115. The third-order valence-corrected chi connectivity index (χ3v) is 9.41. The molecule has 5 aromatic carbocycles. The molecule has 240 valence electrons. The smallest absolute Gasteiger partial charge is 0.272 e. The van der Waals surface area contributed by atoms with E-state index in [-0.39, 0.29) is 11.6 Å². The lowest BCUT2D eigenvalue weighted by atomic mass is 10.1. The fraction of sp³-hybridized carbons (Fsp3) is 0.103. The van der Waals surface area contributed by atoms with Gasteiger partial charge in [-0.25, -0.2) is 0 Å². The van der Waals surface area contributed by atoms with Crippen LogP contribution in [0.3, 0.4) is 0 Å². The Hall–Kier alpha value is -5.12. The van der Waals surface area contributed by atoms with E-state index in [4.69, 9.17) is 0 Å². The van der Waals surface area contributed by atoms with Crippen molar-refractivity contribution >= 4 is 84.7 Å². The quantitative estimate of drug-likeness (QED) is 0.0974. The SMILES string of the molecule is CCn1c2ccccc2c2cc(NC(=O)C(C)Sc3cccc(NC(=O)/C(=C\c4cccc(Br)c4)NC(=O)c4ccccc4)c3)ccc21. The zero-order valence-corrected chi connectivity index (χ0v) is 28.8. The highest BCUT2D eigenvalue weighted by Gasteiger charge is 2.18. The molecule has 0 aliphatic heterocycles. The molecule has 1 heterocycles. The molecule has 3 amide bonds. The third-order valence-electron chi connectivity index (χ3n) is 7.82. The first-order valence-electron chi connectivity index (χ1n) is 15.5. The highest BCUT2D eigenvalue weighted by molar-refractivity contribution is 9.10. The molecule has 0 fully saturated rings. The van der Waals surface area contributed by atoms with E-state index in [9.17, 15) is 14.4 Å². The molecule has 1 atom stereocenters. The molecule has 0 aliphatic carbocycles. The first-order valence-corrected chi connectivity index (χ1v) is 17.2. The number of carbonyl (C=O) groups is 3. The number of rotatable bonds is 10. The number of hydrogen-bond acceptors (Lipinski definition) is 4. The van der Waals surface area contributed by atoms with E-state index in [2.05, 4.69) is 61.6 Å². The summed E-state index contributed by atoms with van der Waals surface area (Å²) in [6.45, 7) is 4.84. The Morgan fingerprint density at radius 1 is 0.771 bits per heavy atom. The van der Waals surface area contributed by atoms with Crippen molar-refractivity contribution in [2.75, 3.05) is 10.6 Å². The summed E-state index contributed by atoms with van der Waals surface area (Å²) in [5, 5.41) is 10.6. The molecular weight excluding hydrogens is 684 g/mol. The van der Waals surface area contributed by atoms with Crippen LogP contribution in [0.25, 0.3) is 27.9 Å². The minimum absolute atomic E-state index is 0.0896. The molecule has 48 heavy (non-hydrogen) atoms. The van der Waals surface area contributed by atoms with Gasteiger partial charge in [-0.1, -0.05) is 70.5 Å². The molecule has 0 saturated carbocycles. The Morgan fingerprint density at radius 2 is 1.50 bits per heavy atom. The zero-order chi connectivity index (χ0) is 33.6. The lowest BCUT2D eigenvalue weighted by Crippen LogP contribution is -2.30. The monoisotopic (exact) mass is 716 g/mol. The van der Waals surface area contributed by atoms with Crippen LogP contribution in [0.15, 0.2) is 136 Å². The number of halogens is 1. The van der Waals surface area contributed by atoms with Crippen LogP contribution in [0.5, 0.6) is 0 Å². The van der Waals surface area contributed by atoms with Crippen molar-refractivity contribution in [1.82, 2.24) is 9.88 Å². The number of benzene rings is 5. The summed E-state index contributed by atoms with van der Waals surface area (Å²) in [5.41, 5.74) is 4.83. The summed E-state index contributed by atoms with van der Waals surface area (Å²) in [6, 6.07) is 37.8. The van der Waals surface area contributed by atoms with Crippen molar-refractivity contribution in [2.24, 2.45) is 0 Å². The summed E-state index contributed by atoms with van der Waals surface area (Å²) < 4.78 is 3.12. The van der Waals surface area contributed by atoms with Crippen molar-refractivity contribution in [3.63, 3.8) is 0 Å². The van der Waals surface area contributed by atoms with Gasteiger partial charge in [0.15, 0.2) is 0 Å². The predicted molar refractivity (Wildman–Crippen MR) is 200 cm³/mol. The Bertz CT molecular complexity index is 2180. The van der Waals surface area contributed by atoms with Crippen molar-refractivity contribution < 1.29 is 14.4 Å². The fourth-order valence-corrected chi connectivity index (χ4v) is 6.87. The van der Waals surface area contributed by atoms with Crippen LogP contribution in [-0.2, 0) is 16.1 Å². The second-order valence-electron chi connectivity index (χ2n) is 11.2. The number of nitrogens with one attached hydrogen (secondary N) is 3. The number of thioether (sulfide) groups is 1. The second kappa shape index (κ2) is 14.8. The van der Waals surface area contributed by atoms with Crippen LogP contribution in [0.2, 0.25) is 0 Å². The van der Waals surface area contributed by atoms with Crippen molar-refractivity contribution in [1.29, 1.82) is 0 Å². The number of anilines is 2. The summed E-state index contributed by atoms with van der Waals surface area (Å²) in [7, 11) is 0. The first-order chi connectivity index (χ1) is 23.3. The van der Waals surface area contributed by atoms with E-state index in [0.29, 0.717) is 11.3 Å². The fourth-order valence-electron chi connectivity index (χ4n) is 5.52. The Balaban J connectivity index is 1.15. The largest absolute Gasteiger partial charge is 0.341 e. The average Bonchev–Trinajstić information content (AvgIpc) is 3.41. The molecule has 6 rings (SSSR count). The molecule has 1 aromatic heterocycles. The van der Waals surface area contributed by atoms with Gasteiger partial charge in [0.05, 0.1) is 5.25 Å². The maximum Gasteiger partial charge on any atom is 0.272 e. The molecule has 0 aliphatic rings. The third kappa shape index (κ3) is 7.54. The minimum Gasteiger partial charge on any atom is -0.341 e.